The molecule has 1 saturated heterocycles. The maximum Gasteiger partial charge on any atom is 0.311 e. The summed E-state index contributed by atoms with van der Waals surface area (Å²) in [5, 5.41) is 0. The summed E-state index contributed by atoms with van der Waals surface area (Å²) < 4.78 is 5.25. The second-order valence-electron chi connectivity index (χ2n) is 8.13. The lowest BCUT2D eigenvalue weighted by Gasteiger charge is -2.20. The van der Waals surface area contributed by atoms with E-state index in [1.165, 1.54) is 0 Å². The number of carbonyl (C=O) groups is 4. The van der Waals surface area contributed by atoms with Crippen LogP contribution >= 0.6 is 0 Å². The van der Waals surface area contributed by atoms with Crippen LogP contribution in [0.5, 0.6) is 0 Å². The number of rotatable bonds is 5. The van der Waals surface area contributed by atoms with Crippen molar-refractivity contribution in [1.82, 2.24) is 0 Å². The molecule has 2 aromatic rings. The third kappa shape index (κ3) is 3.83. The molecule has 0 aliphatic carbocycles. The summed E-state index contributed by atoms with van der Waals surface area (Å²) in [6.45, 7) is 3.77. The van der Waals surface area contributed by atoms with Gasteiger partial charge in [-0.25, -0.2) is 0 Å². The molecule has 0 bridgehead atoms. The van der Waals surface area contributed by atoms with Gasteiger partial charge in [-0.15, -0.1) is 0 Å². The molecule has 160 valence electrons. The third-order valence-electron chi connectivity index (χ3n) is 6.15. The van der Waals surface area contributed by atoms with Crippen LogP contribution in [0.15, 0.2) is 36.4 Å². The number of fused-ring (bicyclic) bond motifs is 1. The predicted molar refractivity (Wildman–Crippen MR) is 115 cm³/mol. The lowest BCUT2D eigenvalue weighted by Crippen LogP contribution is -2.27. The lowest BCUT2D eigenvalue weighted by atomic mass is 10.1. The molecule has 7 nitrogen and oxygen atoms in total. The highest BCUT2D eigenvalue weighted by Gasteiger charge is 2.37. The minimum Gasteiger partial charge on any atom is -0.457 e. The first-order chi connectivity index (χ1) is 14.8. The summed E-state index contributed by atoms with van der Waals surface area (Å²) in [5.41, 5.74) is 4.85. The van der Waals surface area contributed by atoms with Gasteiger partial charge in [-0.2, -0.15) is 0 Å². The highest BCUT2D eigenvalue weighted by atomic mass is 16.5. The van der Waals surface area contributed by atoms with Crippen molar-refractivity contribution >= 4 is 34.9 Å². The van der Waals surface area contributed by atoms with E-state index in [-0.39, 0.29) is 37.0 Å². The number of ether oxygens (including phenoxy) is 1. The molecule has 7 heteroatoms. The second kappa shape index (κ2) is 7.98. The number of ketones is 1. The molecule has 2 aliphatic heterocycles. The van der Waals surface area contributed by atoms with E-state index in [4.69, 9.17) is 4.74 Å². The van der Waals surface area contributed by atoms with Crippen molar-refractivity contribution in [3.8, 4) is 0 Å². The molecule has 1 fully saturated rings. The summed E-state index contributed by atoms with van der Waals surface area (Å²) >= 11 is 0. The van der Waals surface area contributed by atoms with Gasteiger partial charge in [-0.1, -0.05) is 12.1 Å². The first kappa shape index (κ1) is 20.8. The van der Waals surface area contributed by atoms with Crippen LogP contribution in [0.4, 0.5) is 11.4 Å². The molecule has 0 saturated carbocycles. The van der Waals surface area contributed by atoms with Gasteiger partial charge in [0.15, 0.2) is 12.4 Å². The van der Waals surface area contributed by atoms with Gasteiger partial charge in [0.1, 0.15) is 0 Å². The number of nitrogens with zero attached hydrogens (tertiary/aromatic N) is 2. The zero-order chi connectivity index (χ0) is 22.3. The van der Waals surface area contributed by atoms with Crippen LogP contribution in [0.25, 0.3) is 0 Å². The van der Waals surface area contributed by atoms with E-state index in [2.05, 4.69) is 0 Å². The van der Waals surface area contributed by atoms with Crippen LogP contribution in [0.3, 0.4) is 0 Å². The third-order valence-corrected chi connectivity index (χ3v) is 6.15. The number of carbonyl (C=O) groups excluding carboxylic acids is 4. The zero-order valence-electron chi connectivity index (χ0n) is 17.8. The topological polar surface area (TPSA) is 84.0 Å². The van der Waals surface area contributed by atoms with Gasteiger partial charge in [0.2, 0.25) is 11.8 Å². The fraction of sp³-hybridized carbons (Fsp3) is 0.333. The molecular weight excluding hydrogens is 396 g/mol. The van der Waals surface area contributed by atoms with Crippen LogP contribution in [0.2, 0.25) is 0 Å². The van der Waals surface area contributed by atoms with E-state index in [9.17, 15) is 19.2 Å². The Hall–Kier alpha value is -3.48. The Labute approximate surface area is 180 Å². The van der Waals surface area contributed by atoms with Crippen LogP contribution in [-0.2, 0) is 25.5 Å². The molecule has 2 aliphatic rings. The molecule has 0 aromatic heterocycles. The van der Waals surface area contributed by atoms with E-state index in [1.54, 1.807) is 35.0 Å². The van der Waals surface area contributed by atoms with Crippen molar-refractivity contribution < 1.29 is 23.9 Å². The predicted octanol–water partition coefficient (Wildman–Crippen LogP) is 2.60. The summed E-state index contributed by atoms with van der Waals surface area (Å²) in [7, 11) is 1.70. The normalized spacial score (nSPS) is 17.8. The van der Waals surface area contributed by atoms with Crippen molar-refractivity contribution in [3.05, 3.63) is 58.7 Å². The summed E-state index contributed by atoms with van der Waals surface area (Å²) in [6, 6.07) is 10.8. The number of aryl methyl sites for hydroxylation is 1. The fourth-order valence-electron chi connectivity index (χ4n) is 4.11. The van der Waals surface area contributed by atoms with Gasteiger partial charge in [-0.3, -0.25) is 19.2 Å². The standard InChI is InChI=1S/C24H24N2O5/c1-14-5-4-6-19(15(14)2)26-12-18(11-23(26)29)24(30)31-13-21(27)16-7-8-20-17(9-16)10-22(28)25(20)3/h4-9,18H,10-13H2,1-3H3/t18-/m0/s1. The number of benzene rings is 2. The molecule has 0 unspecified atom stereocenters. The first-order valence-electron chi connectivity index (χ1n) is 10.2. The Morgan fingerprint density at radius 2 is 1.84 bits per heavy atom. The van der Waals surface area contributed by atoms with Crippen molar-refractivity contribution in [3.63, 3.8) is 0 Å². The molecular formula is C24H24N2O5. The van der Waals surface area contributed by atoms with Gasteiger partial charge in [-0.05, 0) is 54.8 Å². The van der Waals surface area contributed by atoms with E-state index in [0.29, 0.717) is 5.56 Å². The number of Topliss-reactive ketones (excluding diaryl/α,β-unsaturated/α-hetero) is 1. The highest BCUT2D eigenvalue weighted by molar-refractivity contribution is 6.04. The number of hydrogen-bond acceptors (Lipinski definition) is 5. The Balaban J connectivity index is 1.38. The minimum absolute atomic E-state index is 0.0228. The Morgan fingerprint density at radius 1 is 1.06 bits per heavy atom. The highest BCUT2D eigenvalue weighted by Crippen LogP contribution is 2.30. The fourth-order valence-corrected chi connectivity index (χ4v) is 4.11. The summed E-state index contributed by atoms with van der Waals surface area (Å²) in [6.07, 6.45) is 0.318. The molecule has 2 heterocycles. The molecule has 2 aromatic carbocycles. The Bertz CT molecular complexity index is 1110. The van der Waals surface area contributed by atoms with Gasteiger partial charge in [0.25, 0.3) is 0 Å². The van der Waals surface area contributed by atoms with Crippen molar-refractivity contribution in [1.29, 1.82) is 0 Å². The molecule has 0 spiro atoms. The van der Waals surface area contributed by atoms with E-state index in [1.807, 2.05) is 32.0 Å². The van der Waals surface area contributed by atoms with Gasteiger partial charge in [0.05, 0.1) is 12.3 Å². The largest absolute Gasteiger partial charge is 0.457 e. The SMILES string of the molecule is Cc1cccc(N2C[C@@H](C(=O)OCC(=O)c3ccc4c(c3)CC(=O)N4C)CC2=O)c1C. The molecule has 1 atom stereocenters. The Morgan fingerprint density at radius 3 is 2.61 bits per heavy atom. The number of hydrogen-bond donors (Lipinski definition) is 0. The van der Waals surface area contributed by atoms with Crippen LogP contribution in [-0.4, -0.2) is 43.8 Å². The van der Waals surface area contributed by atoms with Gasteiger partial charge >= 0.3 is 5.97 Å². The molecule has 0 N–H and O–H groups in total. The quantitative estimate of drug-likeness (QED) is 0.548. The number of likely N-dealkylation sites (N-methyl/N-ethyl adjacent to an activating group) is 1. The second-order valence-corrected chi connectivity index (χ2v) is 8.13. The van der Waals surface area contributed by atoms with Crippen molar-refractivity contribution in [2.45, 2.75) is 26.7 Å². The summed E-state index contributed by atoms with van der Waals surface area (Å²) in [5.74, 6) is -1.65. The molecule has 4 rings (SSSR count). The number of esters is 1. The monoisotopic (exact) mass is 420 g/mol. The Kier molecular flexibility index (Phi) is 5.35. The van der Waals surface area contributed by atoms with Crippen LogP contribution < -0.4 is 9.80 Å². The van der Waals surface area contributed by atoms with E-state index < -0.39 is 18.5 Å². The molecule has 2 amide bonds. The van der Waals surface area contributed by atoms with E-state index >= 15 is 0 Å². The molecule has 31 heavy (non-hydrogen) atoms. The number of anilines is 2. The maximum atomic E-state index is 12.5. The van der Waals surface area contributed by atoms with Crippen molar-refractivity contribution in [2.75, 3.05) is 30.0 Å². The maximum absolute atomic E-state index is 12.5. The average molecular weight is 420 g/mol. The zero-order valence-corrected chi connectivity index (χ0v) is 17.8. The summed E-state index contributed by atoms with van der Waals surface area (Å²) in [4.78, 5) is 52.5. The minimum atomic E-state index is -0.605. The molecule has 0 radical (unpaired) electrons. The van der Waals surface area contributed by atoms with E-state index in [0.717, 1.165) is 28.1 Å². The smallest absolute Gasteiger partial charge is 0.311 e. The first-order valence-corrected chi connectivity index (χ1v) is 10.2. The van der Waals surface area contributed by atoms with Crippen LogP contribution in [0.1, 0.15) is 33.5 Å². The van der Waals surface area contributed by atoms with Gasteiger partial charge in [0, 0.05) is 37.0 Å². The van der Waals surface area contributed by atoms with Gasteiger partial charge < -0.3 is 14.5 Å². The lowest BCUT2D eigenvalue weighted by molar-refractivity contribution is -0.147. The van der Waals surface area contributed by atoms with Crippen LogP contribution in [0, 0.1) is 19.8 Å². The van der Waals surface area contributed by atoms with Crippen molar-refractivity contribution in [2.24, 2.45) is 5.92 Å². The number of amides is 2. The average Bonchev–Trinajstić information content (AvgIpc) is 3.27.